The highest BCUT2D eigenvalue weighted by Gasteiger charge is 2.38. The Labute approximate surface area is 95.7 Å². The van der Waals surface area contributed by atoms with Crippen LogP contribution in [0.3, 0.4) is 0 Å². The molecular formula is C11H7N3O3. The fourth-order valence-electron chi connectivity index (χ4n) is 1.86. The number of carbonyl (C=O) groups excluding carboxylic acids is 2. The van der Waals surface area contributed by atoms with Crippen LogP contribution in [0.4, 0.5) is 0 Å². The first-order valence-electron chi connectivity index (χ1n) is 4.95. The number of amides is 2. The Bertz CT molecular complexity index is 681. The monoisotopic (exact) mass is 229 g/mol. The molecule has 0 radical (unpaired) electrons. The first-order valence-corrected chi connectivity index (χ1v) is 4.95. The molecular weight excluding hydrogens is 222 g/mol. The van der Waals surface area contributed by atoms with E-state index in [1.807, 2.05) is 0 Å². The average Bonchev–Trinajstić information content (AvgIpc) is 2.55. The lowest BCUT2D eigenvalue weighted by molar-refractivity contribution is -0.583. The maximum absolute atomic E-state index is 12.1. The van der Waals surface area contributed by atoms with Crippen molar-refractivity contribution in [2.45, 2.75) is 0 Å². The lowest BCUT2D eigenvalue weighted by Crippen LogP contribution is -2.30. The second-order valence-corrected chi connectivity index (χ2v) is 3.75. The third-order valence-electron chi connectivity index (χ3n) is 2.77. The largest absolute Gasteiger partial charge is 0.867 e. The summed E-state index contributed by atoms with van der Waals surface area (Å²) < 4.78 is 1.31. The van der Waals surface area contributed by atoms with Gasteiger partial charge in [0, 0.05) is 24.3 Å². The van der Waals surface area contributed by atoms with Crippen LogP contribution < -0.4 is 9.62 Å². The van der Waals surface area contributed by atoms with Crippen molar-refractivity contribution < 1.29 is 19.2 Å². The number of fused-ring (bicyclic) bond motifs is 2. The fraction of sp³-hybridized carbons (Fsp3) is 0.0909. The minimum atomic E-state index is -0.589. The molecule has 0 saturated carbocycles. The number of aromatic nitrogens is 2. The predicted octanol–water partition coefficient (Wildman–Crippen LogP) is -0.880. The van der Waals surface area contributed by atoms with Gasteiger partial charge in [0.15, 0.2) is 0 Å². The molecule has 0 saturated heterocycles. The highest BCUT2D eigenvalue weighted by molar-refractivity contribution is 6.21. The summed E-state index contributed by atoms with van der Waals surface area (Å²) >= 11 is 0. The van der Waals surface area contributed by atoms with Gasteiger partial charge in [-0.1, -0.05) is 4.52 Å². The van der Waals surface area contributed by atoms with E-state index in [1.165, 1.54) is 11.6 Å². The van der Waals surface area contributed by atoms with Gasteiger partial charge in [-0.25, -0.2) is 0 Å². The van der Waals surface area contributed by atoms with Crippen LogP contribution in [0.2, 0.25) is 0 Å². The van der Waals surface area contributed by atoms with Crippen molar-refractivity contribution in [2.75, 3.05) is 7.05 Å². The molecule has 0 fully saturated rings. The van der Waals surface area contributed by atoms with Gasteiger partial charge in [0.1, 0.15) is 0 Å². The smallest absolute Gasteiger partial charge is 0.286 e. The summed E-state index contributed by atoms with van der Waals surface area (Å²) in [5.41, 5.74) is 0.0672. The second-order valence-electron chi connectivity index (χ2n) is 3.75. The molecule has 1 aliphatic rings. The molecule has 0 aliphatic carbocycles. The van der Waals surface area contributed by atoms with Crippen molar-refractivity contribution in [3.8, 4) is 5.75 Å². The summed E-state index contributed by atoms with van der Waals surface area (Å²) in [4.78, 5) is 24.3. The van der Waals surface area contributed by atoms with Crippen LogP contribution in [0.5, 0.6) is 5.75 Å². The van der Waals surface area contributed by atoms with Crippen LogP contribution in [-0.2, 0) is 0 Å². The molecule has 0 unspecified atom stereocenters. The number of hydrogen-bond acceptors (Lipinski definition) is 4. The molecule has 0 atom stereocenters. The summed E-state index contributed by atoms with van der Waals surface area (Å²) in [7, 11) is 1.33. The normalized spacial score (nSPS) is 14.5. The molecule has 2 amide bonds. The van der Waals surface area contributed by atoms with Crippen molar-refractivity contribution in [1.82, 2.24) is 10.00 Å². The molecule has 0 aromatic carbocycles. The molecule has 2 aromatic heterocycles. The third-order valence-corrected chi connectivity index (χ3v) is 2.77. The minimum Gasteiger partial charge on any atom is -0.867 e. The Morgan fingerprint density at radius 2 is 2.06 bits per heavy atom. The van der Waals surface area contributed by atoms with Crippen molar-refractivity contribution >= 4 is 17.3 Å². The number of carbonyl (C=O) groups is 2. The molecule has 0 bridgehead atoms. The topological polar surface area (TPSA) is 77.4 Å². The van der Waals surface area contributed by atoms with Gasteiger partial charge in [-0.3, -0.25) is 14.5 Å². The van der Waals surface area contributed by atoms with E-state index in [1.54, 1.807) is 24.4 Å². The Hall–Kier alpha value is -2.50. The molecule has 0 N–H and O–H groups in total. The predicted molar refractivity (Wildman–Crippen MR) is 53.3 cm³/mol. The summed E-state index contributed by atoms with van der Waals surface area (Å²) in [6.07, 6.45) is 1.56. The summed E-state index contributed by atoms with van der Waals surface area (Å²) in [6.45, 7) is 0. The standard InChI is InChI=1S/C11H7N3O3/c1-13-10(16)7-8(11(13)17)12-14-5-3-2-4-6(14)9(7)15/h2-5H,1H3. The molecule has 1 aliphatic heterocycles. The lowest BCUT2D eigenvalue weighted by atomic mass is 10.2. The van der Waals surface area contributed by atoms with Crippen molar-refractivity contribution in [2.24, 2.45) is 0 Å². The van der Waals surface area contributed by atoms with Gasteiger partial charge in [0.05, 0.1) is 5.56 Å². The second kappa shape index (κ2) is 3.00. The first kappa shape index (κ1) is 9.71. The van der Waals surface area contributed by atoms with E-state index in [2.05, 4.69) is 5.10 Å². The van der Waals surface area contributed by atoms with Crippen molar-refractivity contribution in [1.29, 1.82) is 0 Å². The van der Waals surface area contributed by atoms with E-state index in [-0.39, 0.29) is 16.8 Å². The highest BCUT2D eigenvalue weighted by atomic mass is 16.3. The maximum Gasteiger partial charge on any atom is 0.286 e. The SMILES string of the molecule is CN1C(=O)c2n[n+]3ccccc3c([O-])c2C1=O. The van der Waals surface area contributed by atoms with E-state index in [4.69, 9.17) is 0 Å². The van der Waals surface area contributed by atoms with E-state index in [9.17, 15) is 14.7 Å². The van der Waals surface area contributed by atoms with E-state index >= 15 is 0 Å². The summed E-state index contributed by atoms with van der Waals surface area (Å²) in [6, 6.07) is 4.93. The summed E-state index contributed by atoms with van der Waals surface area (Å²) in [5, 5.41) is 16.1. The zero-order valence-electron chi connectivity index (χ0n) is 8.88. The third kappa shape index (κ3) is 1.09. The van der Waals surface area contributed by atoms with Crippen LogP contribution in [0.25, 0.3) is 5.52 Å². The van der Waals surface area contributed by atoms with Crippen LogP contribution in [0.15, 0.2) is 24.4 Å². The zero-order chi connectivity index (χ0) is 12.2. The van der Waals surface area contributed by atoms with Gasteiger partial charge in [-0.05, 0) is 11.8 Å². The number of nitrogens with zero attached hydrogens (tertiary/aromatic N) is 3. The highest BCUT2D eigenvalue weighted by Crippen LogP contribution is 2.27. The average molecular weight is 229 g/mol. The molecule has 6 heteroatoms. The Morgan fingerprint density at radius 3 is 2.82 bits per heavy atom. The van der Waals surface area contributed by atoms with Crippen molar-refractivity contribution in [3.05, 3.63) is 35.7 Å². The van der Waals surface area contributed by atoms with Gasteiger partial charge in [0.2, 0.25) is 17.4 Å². The maximum atomic E-state index is 12.1. The van der Waals surface area contributed by atoms with Crippen LogP contribution in [-0.4, -0.2) is 28.9 Å². The Kier molecular flexibility index (Phi) is 1.72. The van der Waals surface area contributed by atoms with Gasteiger partial charge < -0.3 is 5.11 Å². The van der Waals surface area contributed by atoms with E-state index in [0.717, 1.165) is 4.90 Å². The lowest BCUT2D eigenvalue weighted by Gasteiger charge is -2.07. The Balaban J connectivity index is 2.46. The molecule has 3 rings (SSSR count). The summed E-state index contributed by atoms with van der Waals surface area (Å²) in [5.74, 6) is -1.59. The van der Waals surface area contributed by atoms with E-state index < -0.39 is 17.6 Å². The van der Waals surface area contributed by atoms with Crippen LogP contribution in [0, 0.1) is 0 Å². The first-order chi connectivity index (χ1) is 8.11. The molecule has 84 valence electrons. The van der Waals surface area contributed by atoms with Crippen LogP contribution in [0.1, 0.15) is 20.8 Å². The molecule has 17 heavy (non-hydrogen) atoms. The van der Waals surface area contributed by atoms with Gasteiger partial charge in [-0.15, -0.1) is 0 Å². The number of imide groups is 1. The molecule has 0 spiro atoms. The molecule has 6 nitrogen and oxygen atoms in total. The fourth-order valence-corrected chi connectivity index (χ4v) is 1.86. The molecule has 2 aromatic rings. The zero-order valence-corrected chi connectivity index (χ0v) is 8.88. The minimum absolute atomic E-state index is 0.0776. The van der Waals surface area contributed by atoms with Gasteiger partial charge in [-0.2, -0.15) is 0 Å². The molecule has 3 heterocycles. The van der Waals surface area contributed by atoms with E-state index in [0.29, 0.717) is 0 Å². The number of pyridine rings is 1. The van der Waals surface area contributed by atoms with Gasteiger partial charge in [0.25, 0.3) is 11.8 Å². The number of hydrogen-bond donors (Lipinski definition) is 0. The van der Waals surface area contributed by atoms with Crippen molar-refractivity contribution in [3.63, 3.8) is 0 Å². The van der Waals surface area contributed by atoms with Crippen LogP contribution >= 0.6 is 0 Å². The Morgan fingerprint density at radius 1 is 1.29 bits per heavy atom. The quantitative estimate of drug-likeness (QED) is 0.434. The van der Waals surface area contributed by atoms with Gasteiger partial charge >= 0.3 is 0 Å². The number of rotatable bonds is 0.